The molecule has 6 nitrogen and oxygen atoms in total. The third kappa shape index (κ3) is 5.86. The van der Waals surface area contributed by atoms with Gasteiger partial charge in [-0.05, 0) is 47.7 Å². The number of aryl methyl sites for hydroxylation is 1. The third-order valence-electron chi connectivity index (χ3n) is 5.53. The Morgan fingerprint density at radius 2 is 1.65 bits per heavy atom. The molecule has 0 radical (unpaired) electrons. The highest BCUT2D eigenvalue weighted by Crippen LogP contribution is 2.25. The molecule has 0 bridgehead atoms. The Morgan fingerprint density at radius 3 is 2.23 bits per heavy atom. The van der Waals surface area contributed by atoms with Crippen LogP contribution in [0, 0.1) is 6.92 Å². The van der Waals surface area contributed by atoms with Gasteiger partial charge in [-0.15, -0.1) is 0 Å². The lowest BCUT2D eigenvalue weighted by molar-refractivity contribution is -0.117. The highest BCUT2D eigenvalue weighted by Gasteiger charge is 2.29. The van der Waals surface area contributed by atoms with Crippen LogP contribution in [0.3, 0.4) is 0 Å². The molecule has 2 aromatic rings. The average molecular weight is 464 g/mol. The lowest BCUT2D eigenvalue weighted by atomic mass is 9.87. The highest BCUT2D eigenvalue weighted by atomic mass is 35.5. The second-order valence-corrected chi connectivity index (χ2v) is 11.3. The van der Waals surface area contributed by atoms with E-state index in [1.54, 1.807) is 24.3 Å². The normalized spacial score (nSPS) is 16.3. The molecule has 0 atom stereocenters. The number of carbonyl (C=O) groups is 1. The summed E-state index contributed by atoms with van der Waals surface area (Å²) in [5.74, 6) is -0.139. The zero-order valence-electron chi connectivity index (χ0n) is 18.5. The minimum atomic E-state index is -3.54. The second kappa shape index (κ2) is 9.28. The summed E-state index contributed by atoms with van der Waals surface area (Å²) in [6.45, 7) is 10.1. The zero-order valence-corrected chi connectivity index (χ0v) is 20.1. The number of benzene rings is 2. The fraction of sp³-hybridized carbons (Fsp3) is 0.435. The molecule has 0 spiro atoms. The summed E-state index contributed by atoms with van der Waals surface area (Å²) in [5, 5.41) is 3.45. The Bertz CT molecular complexity index is 1040. The molecule has 0 unspecified atom stereocenters. The van der Waals surface area contributed by atoms with E-state index < -0.39 is 10.0 Å². The van der Waals surface area contributed by atoms with Crippen molar-refractivity contribution < 1.29 is 13.2 Å². The first-order valence-corrected chi connectivity index (χ1v) is 12.2. The van der Waals surface area contributed by atoms with E-state index in [9.17, 15) is 13.2 Å². The smallest absolute Gasteiger partial charge is 0.243 e. The quantitative estimate of drug-likeness (QED) is 0.730. The number of nitrogens with zero attached hydrogens (tertiary/aromatic N) is 2. The van der Waals surface area contributed by atoms with Gasteiger partial charge in [0.25, 0.3) is 0 Å². The zero-order chi connectivity index (χ0) is 22.8. The predicted molar refractivity (Wildman–Crippen MR) is 125 cm³/mol. The van der Waals surface area contributed by atoms with Gasteiger partial charge in [0.15, 0.2) is 0 Å². The van der Waals surface area contributed by atoms with Crippen LogP contribution in [0.15, 0.2) is 47.4 Å². The minimum Gasteiger partial charge on any atom is -0.325 e. The lowest BCUT2D eigenvalue weighted by Gasteiger charge is -2.33. The standard InChI is InChI=1S/C23H30ClN3O3S/c1-17-5-8-19(24)15-21(17)25-22(28)16-26-11-13-27(14-12-26)31(29,30)20-9-6-18(7-10-20)23(2,3)4/h5-10,15H,11-14,16H2,1-4H3,(H,25,28). The number of nitrogens with one attached hydrogen (secondary N) is 1. The molecule has 1 heterocycles. The first kappa shape index (κ1) is 23.7. The van der Waals surface area contributed by atoms with Crippen molar-refractivity contribution in [1.29, 1.82) is 0 Å². The van der Waals surface area contributed by atoms with Crippen molar-refractivity contribution >= 4 is 33.2 Å². The van der Waals surface area contributed by atoms with Gasteiger partial charge >= 0.3 is 0 Å². The van der Waals surface area contributed by atoms with Crippen LogP contribution in [0.5, 0.6) is 0 Å². The van der Waals surface area contributed by atoms with Crippen LogP contribution in [-0.4, -0.2) is 56.3 Å². The van der Waals surface area contributed by atoms with Crippen molar-refractivity contribution in [2.75, 3.05) is 38.0 Å². The predicted octanol–water partition coefficient (Wildman–Crippen LogP) is 3.89. The van der Waals surface area contributed by atoms with Gasteiger partial charge < -0.3 is 5.32 Å². The van der Waals surface area contributed by atoms with Crippen molar-refractivity contribution in [3.63, 3.8) is 0 Å². The van der Waals surface area contributed by atoms with E-state index in [2.05, 4.69) is 26.1 Å². The molecule has 168 valence electrons. The van der Waals surface area contributed by atoms with E-state index in [1.807, 2.05) is 30.0 Å². The van der Waals surface area contributed by atoms with Crippen molar-refractivity contribution in [2.24, 2.45) is 0 Å². The van der Waals surface area contributed by atoms with Crippen LogP contribution in [0.1, 0.15) is 31.9 Å². The van der Waals surface area contributed by atoms with Gasteiger partial charge in [0.1, 0.15) is 0 Å². The van der Waals surface area contributed by atoms with E-state index in [0.29, 0.717) is 41.8 Å². The van der Waals surface area contributed by atoms with Gasteiger partial charge in [0.05, 0.1) is 11.4 Å². The summed E-state index contributed by atoms with van der Waals surface area (Å²) in [6.07, 6.45) is 0. The Labute approximate surface area is 190 Å². The number of halogens is 1. The van der Waals surface area contributed by atoms with Crippen LogP contribution < -0.4 is 5.32 Å². The maximum absolute atomic E-state index is 13.0. The number of hydrogen-bond donors (Lipinski definition) is 1. The number of sulfonamides is 1. The van der Waals surface area contributed by atoms with E-state index >= 15 is 0 Å². The number of rotatable bonds is 5. The van der Waals surface area contributed by atoms with E-state index in [1.165, 1.54) is 4.31 Å². The van der Waals surface area contributed by atoms with E-state index in [-0.39, 0.29) is 17.9 Å². The molecule has 1 aliphatic rings. The number of anilines is 1. The van der Waals surface area contributed by atoms with Crippen LogP contribution in [0.4, 0.5) is 5.69 Å². The maximum Gasteiger partial charge on any atom is 0.243 e. The first-order chi connectivity index (χ1) is 14.5. The molecule has 0 aliphatic carbocycles. The number of carbonyl (C=O) groups excluding carboxylic acids is 1. The molecule has 3 rings (SSSR count). The van der Waals surface area contributed by atoms with Crippen LogP contribution in [0.2, 0.25) is 5.02 Å². The minimum absolute atomic E-state index is 0.0296. The van der Waals surface area contributed by atoms with Gasteiger partial charge in [0, 0.05) is 36.9 Å². The largest absolute Gasteiger partial charge is 0.325 e. The molecule has 8 heteroatoms. The SMILES string of the molecule is Cc1ccc(Cl)cc1NC(=O)CN1CCN(S(=O)(=O)c2ccc(C(C)(C)C)cc2)CC1. The topological polar surface area (TPSA) is 69.7 Å². The van der Waals surface area contributed by atoms with Gasteiger partial charge in [-0.2, -0.15) is 4.31 Å². The number of hydrogen-bond acceptors (Lipinski definition) is 4. The molecular weight excluding hydrogens is 434 g/mol. The lowest BCUT2D eigenvalue weighted by Crippen LogP contribution is -2.50. The molecule has 1 amide bonds. The Balaban J connectivity index is 1.57. The van der Waals surface area contributed by atoms with Crippen molar-refractivity contribution in [3.05, 3.63) is 58.6 Å². The van der Waals surface area contributed by atoms with Gasteiger partial charge in [-0.25, -0.2) is 8.42 Å². The fourth-order valence-corrected chi connectivity index (χ4v) is 5.12. The maximum atomic E-state index is 13.0. The van der Waals surface area contributed by atoms with Gasteiger partial charge in [-0.1, -0.05) is 50.6 Å². The van der Waals surface area contributed by atoms with Crippen molar-refractivity contribution in [2.45, 2.75) is 38.0 Å². The summed E-state index contributed by atoms with van der Waals surface area (Å²) < 4.78 is 27.5. The van der Waals surface area contributed by atoms with Crippen molar-refractivity contribution in [1.82, 2.24) is 9.21 Å². The van der Waals surface area contributed by atoms with E-state index in [4.69, 9.17) is 11.6 Å². The molecule has 31 heavy (non-hydrogen) atoms. The summed E-state index contributed by atoms with van der Waals surface area (Å²) in [4.78, 5) is 14.7. The van der Waals surface area contributed by atoms with Gasteiger partial charge in [-0.3, -0.25) is 9.69 Å². The summed E-state index contributed by atoms with van der Waals surface area (Å²) >= 11 is 6.01. The monoisotopic (exact) mass is 463 g/mol. The Kier molecular flexibility index (Phi) is 7.11. The second-order valence-electron chi connectivity index (χ2n) is 8.96. The Hall–Kier alpha value is -1.93. The third-order valence-corrected chi connectivity index (χ3v) is 7.68. The van der Waals surface area contributed by atoms with E-state index in [0.717, 1.165) is 11.1 Å². The average Bonchev–Trinajstić information content (AvgIpc) is 2.70. The molecule has 1 saturated heterocycles. The van der Waals surface area contributed by atoms with Crippen LogP contribution in [0.25, 0.3) is 0 Å². The molecule has 2 aromatic carbocycles. The van der Waals surface area contributed by atoms with Gasteiger partial charge in [0.2, 0.25) is 15.9 Å². The molecule has 1 fully saturated rings. The highest BCUT2D eigenvalue weighted by molar-refractivity contribution is 7.89. The molecular formula is C23H30ClN3O3S. The van der Waals surface area contributed by atoms with Crippen molar-refractivity contribution in [3.8, 4) is 0 Å². The molecule has 1 aliphatic heterocycles. The van der Waals surface area contributed by atoms with Crippen LogP contribution >= 0.6 is 11.6 Å². The number of amides is 1. The molecule has 0 aromatic heterocycles. The Morgan fingerprint density at radius 1 is 1.03 bits per heavy atom. The number of piperazine rings is 1. The summed E-state index contributed by atoms with van der Waals surface area (Å²) in [5.41, 5.74) is 2.69. The fourth-order valence-electron chi connectivity index (χ4n) is 3.53. The first-order valence-electron chi connectivity index (χ1n) is 10.4. The molecule has 0 saturated carbocycles. The summed E-state index contributed by atoms with van der Waals surface area (Å²) in [7, 11) is -3.54. The molecule has 1 N–H and O–H groups in total. The summed E-state index contributed by atoms with van der Waals surface area (Å²) in [6, 6.07) is 12.5. The van der Waals surface area contributed by atoms with Crippen LogP contribution in [-0.2, 0) is 20.2 Å².